The van der Waals surface area contributed by atoms with Crippen molar-refractivity contribution in [3.8, 4) is 0 Å². The highest BCUT2D eigenvalue weighted by atomic mass is 32.2. The molecular weight excluding hydrogens is 242 g/mol. The molecule has 102 valence electrons. The van der Waals surface area contributed by atoms with Crippen molar-refractivity contribution in [1.82, 2.24) is 9.55 Å². The number of imidazole rings is 1. The lowest BCUT2D eigenvalue weighted by Crippen LogP contribution is -2.08. The highest BCUT2D eigenvalue weighted by Crippen LogP contribution is 2.35. The van der Waals surface area contributed by atoms with Crippen molar-refractivity contribution in [1.29, 1.82) is 0 Å². The summed E-state index contributed by atoms with van der Waals surface area (Å²) in [6.07, 6.45) is 5.83. The SMILES string of the molecule is CCCCn1c(CCC)nc(C2CCSC2)c1N. The quantitative estimate of drug-likeness (QED) is 0.858. The third kappa shape index (κ3) is 2.85. The number of anilines is 1. The second-order valence-corrected chi connectivity index (χ2v) is 6.26. The van der Waals surface area contributed by atoms with Gasteiger partial charge in [-0.1, -0.05) is 20.3 Å². The fourth-order valence-electron chi connectivity index (χ4n) is 2.56. The van der Waals surface area contributed by atoms with Gasteiger partial charge in [-0.15, -0.1) is 0 Å². The van der Waals surface area contributed by atoms with Crippen LogP contribution in [0.25, 0.3) is 0 Å². The first-order valence-corrected chi connectivity index (χ1v) is 8.35. The maximum Gasteiger partial charge on any atom is 0.127 e. The zero-order valence-electron chi connectivity index (χ0n) is 11.6. The second-order valence-electron chi connectivity index (χ2n) is 5.11. The molecule has 1 atom stereocenters. The second kappa shape index (κ2) is 6.50. The lowest BCUT2D eigenvalue weighted by molar-refractivity contribution is 0.604. The van der Waals surface area contributed by atoms with E-state index in [2.05, 4.69) is 18.4 Å². The lowest BCUT2D eigenvalue weighted by atomic mass is 10.1. The van der Waals surface area contributed by atoms with E-state index in [0.717, 1.165) is 25.2 Å². The van der Waals surface area contributed by atoms with Crippen LogP contribution in [-0.4, -0.2) is 21.1 Å². The predicted molar refractivity (Wildman–Crippen MR) is 80.2 cm³/mol. The van der Waals surface area contributed by atoms with Gasteiger partial charge < -0.3 is 10.3 Å². The number of nitrogens with zero attached hydrogens (tertiary/aromatic N) is 2. The summed E-state index contributed by atoms with van der Waals surface area (Å²) >= 11 is 2.03. The number of aromatic nitrogens is 2. The van der Waals surface area contributed by atoms with E-state index in [0.29, 0.717) is 5.92 Å². The molecule has 1 saturated heterocycles. The Hall–Kier alpha value is -0.640. The van der Waals surface area contributed by atoms with Gasteiger partial charge in [-0.2, -0.15) is 11.8 Å². The van der Waals surface area contributed by atoms with Crippen LogP contribution in [0.1, 0.15) is 57.0 Å². The zero-order chi connectivity index (χ0) is 13.0. The number of nitrogen functional groups attached to an aromatic ring is 1. The van der Waals surface area contributed by atoms with Crippen LogP contribution < -0.4 is 5.73 Å². The minimum absolute atomic E-state index is 0.591. The number of aryl methyl sites for hydroxylation is 1. The van der Waals surface area contributed by atoms with Gasteiger partial charge in [0.15, 0.2) is 0 Å². The molecule has 0 amide bonds. The topological polar surface area (TPSA) is 43.8 Å². The van der Waals surface area contributed by atoms with Crippen LogP contribution >= 0.6 is 11.8 Å². The third-order valence-corrected chi connectivity index (χ3v) is 4.80. The largest absolute Gasteiger partial charge is 0.384 e. The van der Waals surface area contributed by atoms with Crippen molar-refractivity contribution in [2.24, 2.45) is 0 Å². The normalized spacial score (nSPS) is 19.6. The Kier molecular flexibility index (Phi) is 4.98. The summed E-state index contributed by atoms with van der Waals surface area (Å²) in [7, 11) is 0. The van der Waals surface area contributed by atoms with Gasteiger partial charge in [0.2, 0.25) is 0 Å². The van der Waals surface area contributed by atoms with E-state index in [-0.39, 0.29) is 0 Å². The Morgan fingerprint density at radius 1 is 1.39 bits per heavy atom. The number of hydrogen-bond donors (Lipinski definition) is 1. The first kappa shape index (κ1) is 13.8. The van der Waals surface area contributed by atoms with Gasteiger partial charge in [-0.05, 0) is 25.0 Å². The van der Waals surface area contributed by atoms with Crippen LogP contribution in [0.15, 0.2) is 0 Å². The predicted octanol–water partition coefficient (Wildman–Crippen LogP) is 3.44. The average molecular weight is 267 g/mol. The van der Waals surface area contributed by atoms with E-state index in [9.17, 15) is 0 Å². The monoisotopic (exact) mass is 267 g/mol. The van der Waals surface area contributed by atoms with Crippen molar-refractivity contribution in [3.05, 3.63) is 11.5 Å². The van der Waals surface area contributed by atoms with Crippen molar-refractivity contribution in [2.45, 2.75) is 58.4 Å². The van der Waals surface area contributed by atoms with E-state index in [1.165, 1.54) is 42.3 Å². The molecule has 0 saturated carbocycles. The fraction of sp³-hybridized carbons (Fsp3) is 0.786. The fourth-order valence-corrected chi connectivity index (χ4v) is 3.79. The van der Waals surface area contributed by atoms with Crippen LogP contribution in [0.2, 0.25) is 0 Å². The van der Waals surface area contributed by atoms with E-state index in [4.69, 9.17) is 10.7 Å². The molecule has 2 N–H and O–H groups in total. The van der Waals surface area contributed by atoms with Gasteiger partial charge in [-0.25, -0.2) is 4.98 Å². The number of rotatable bonds is 6. The molecule has 0 radical (unpaired) electrons. The van der Waals surface area contributed by atoms with Gasteiger partial charge in [0.05, 0.1) is 5.69 Å². The van der Waals surface area contributed by atoms with Gasteiger partial charge in [-0.3, -0.25) is 0 Å². The van der Waals surface area contributed by atoms with Gasteiger partial charge in [0.25, 0.3) is 0 Å². The molecular formula is C14H25N3S. The number of nitrogens with two attached hydrogens (primary N) is 1. The molecule has 4 heteroatoms. The minimum atomic E-state index is 0.591. The molecule has 1 fully saturated rings. The van der Waals surface area contributed by atoms with Crippen molar-refractivity contribution in [2.75, 3.05) is 17.2 Å². The molecule has 1 unspecified atom stereocenters. The summed E-state index contributed by atoms with van der Waals surface area (Å²) in [4.78, 5) is 4.86. The molecule has 0 aliphatic carbocycles. The minimum Gasteiger partial charge on any atom is -0.384 e. The first-order chi connectivity index (χ1) is 8.77. The molecule has 3 nitrogen and oxygen atoms in total. The molecule has 0 bridgehead atoms. The summed E-state index contributed by atoms with van der Waals surface area (Å²) < 4.78 is 2.27. The summed E-state index contributed by atoms with van der Waals surface area (Å²) in [5, 5.41) is 0. The Morgan fingerprint density at radius 3 is 2.83 bits per heavy atom. The van der Waals surface area contributed by atoms with Crippen LogP contribution in [0.5, 0.6) is 0 Å². The van der Waals surface area contributed by atoms with Crippen LogP contribution in [0.3, 0.4) is 0 Å². The summed E-state index contributed by atoms with van der Waals surface area (Å²) in [5.74, 6) is 5.19. The average Bonchev–Trinajstić information content (AvgIpc) is 2.97. The van der Waals surface area contributed by atoms with Crippen molar-refractivity contribution in [3.63, 3.8) is 0 Å². The van der Waals surface area contributed by atoms with E-state index in [1.807, 2.05) is 11.8 Å². The summed E-state index contributed by atoms with van der Waals surface area (Å²) in [6, 6.07) is 0. The van der Waals surface area contributed by atoms with Gasteiger partial charge in [0, 0.05) is 24.6 Å². The third-order valence-electron chi connectivity index (χ3n) is 3.64. The number of thioether (sulfide) groups is 1. The number of unbranched alkanes of at least 4 members (excludes halogenated alkanes) is 1. The molecule has 1 aliphatic heterocycles. The molecule has 1 aliphatic rings. The standard InChI is InChI=1S/C14H25N3S/c1-3-5-8-17-12(6-4-2)16-13(14(17)15)11-7-9-18-10-11/h11H,3-10,15H2,1-2H3. The lowest BCUT2D eigenvalue weighted by Gasteiger charge is -2.09. The van der Waals surface area contributed by atoms with Gasteiger partial charge >= 0.3 is 0 Å². The Labute approximate surface area is 115 Å². The summed E-state index contributed by atoms with van der Waals surface area (Å²) in [6.45, 7) is 5.46. The van der Waals surface area contributed by atoms with Crippen LogP contribution in [0, 0.1) is 0 Å². The molecule has 2 rings (SSSR count). The molecule has 2 heterocycles. The Balaban J connectivity index is 2.24. The maximum atomic E-state index is 6.35. The Morgan fingerprint density at radius 2 is 2.22 bits per heavy atom. The molecule has 1 aromatic rings. The zero-order valence-corrected chi connectivity index (χ0v) is 12.4. The van der Waals surface area contributed by atoms with Crippen molar-refractivity contribution < 1.29 is 0 Å². The maximum absolute atomic E-state index is 6.35. The molecule has 1 aromatic heterocycles. The number of hydrogen-bond acceptors (Lipinski definition) is 3. The van der Waals surface area contributed by atoms with E-state index in [1.54, 1.807) is 0 Å². The van der Waals surface area contributed by atoms with Gasteiger partial charge in [0.1, 0.15) is 11.6 Å². The highest BCUT2D eigenvalue weighted by Gasteiger charge is 2.25. The summed E-state index contributed by atoms with van der Waals surface area (Å²) in [5.41, 5.74) is 7.53. The first-order valence-electron chi connectivity index (χ1n) is 7.20. The van der Waals surface area contributed by atoms with Crippen molar-refractivity contribution >= 4 is 17.6 Å². The van der Waals surface area contributed by atoms with E-state index >= 15 is 0 Å². The Bertz CT molecular complexity index is 381. The molecule has 0 aromatic carbocycles. The van der Waals surface area contributed by atoms with E-state index < -0.39 is 0 Å². The highest BCUT2D eigenvalue weighted by molar-refractivity contribution is 7.99. The molecule has 18 heavy (non-hydrogen) atoms. The van der Waals surface area contributed by atoms with Crippen LogP contribution in [0.4, 0.5) is 5.82 Å². The smallest absolute Gasteiger partial charge is 0.127 e. The molecule has 0 spiro atoms. The van der Waals surface area contributed by atoms with Crippen LogP contribution in [-0.2, 0) is 13.0 Å².